The molecular weight excluding hydrogens is 354 g/mol. The first-order valence-electron chi connectivity index (χ1n) is 7.98. The van der Waals surface area contributed by atoms with Gasteiger partial charge in [0.15, 0.2) is 0 Å². The Labute approximate surface area is 154 Å². The van der Waals surface area contributed by atoms with Crippen LogP contribution < -0.4 is 10.9 Å². The molecule has 0 saturated heterocycles. The molecule has 7 heteroatoms. The number of fused-ring (bicyclic) bond motifs is 1. The Kier molecular flexibility index (Phi) is 5.55. The molecule has 2 aromatic heterocycles. The Morgan fingerprint density at radius 3 is 2.84 bits per heavy atom. The third-order valence-corrected chi connectivity index (χ3v) is 6.13. The van der Waals surface area contributed by atoms with E-state index in [1.54, 1.807) is 18.8 Å². The number of benzene rings is 1. The van der Waals surface area contributed by atoms with Gasteiger partial charge in [0.05, 0.1) is 16.6 Å². The lowest BCUT2D eigenvalue weighted by Crippen LogP contribution is -2.24. The number of carbonyl (C=O) groups is 1. The van der Waals surface area contributed by atoms with E-state index in [-0.39, 0.29) is 11.5 Å². The lowest BCUT2D eigenvalue weighted by Gasteiger charge is -2.05. The molecule has 25 heavy (non-hydrogen) atoms. The first kappa shape index (κ1) is 17.7. The number of nitrogens with zero attached hydrogens (tertiary/aromatic N) is 2. The second-order valence-electron chi connectivity index (χ2n) is 5.67. The summed E-state index contributed by atoms with van der Waals surface area (Å²) < 4.78 is 1.44. The van der Waals surface area contributed by atoms with E-state index in [4.69, 9.17) is 0 Å². The molecule has 0 aliphatic carbocycles. The summed E-state index contributed by atoms with van der Waals surface area (Å²) in [6.07, 6.45) is 2.37. The topological polar surface area (TPSA) is 64.0 Å². The minimum atomic E-state index is -0.132. The van der Waals surface area contributed by atoms with Crippen molar-refractivity contribution in [3.63, 3.8) is 0 Å². The SMILES string of the molecule is Cc1c(C(=O)NCCCSc2ccccc2)sc2ncn(C)c(=O)c12. The largest absolute Gasteiger partial charge is 0.351 e. The number of rotatable bonds is 6. The van der Waals surface area contributed by atoms with Gasteiger partial charge in [-0.2, -0.15) is 0 Å². The molecule has 3 rings (SSSR count). The Morgan fingerprint density at radius 1 is 1.32 bits per heavy atom. The zero-order valence-corrected chi connectivity index (χ0v) is 15.7. The van der Waals surface area contributed by atoms with Crippen LogP contribution in [0.4, 0.5) is 0 Å². The molecule has 0 aliphatic heterocycles. The van der Waals surface area contributed by atoms with Crippen LogP contribution in [0, 0.1) is 6.92 Å². The zero-order chi connectivity index (χ0) is 17.8. The highest BCUT2D eigenvalue weighted by Gasteiger charge is 2.18. The van der Waals surface area contributed by atoms with E-state index in [0.717, 1.165) is 12.2 Å². The summed E-state index contributed by atoms with van der Waals surface area (Å²) in [5.74, 6) is 0.810. The fraction of sp³-hybridized carbons (Fsp3) is 0.278. The average molecular weight is 374 g/mol. The number of aromatic nitrogens is 2. The van der Waals surface area contributed by atoms with Crippen molar-refractivity contribution in [3.05, 3.63) is 57.5 Å². The first-order valence-corrected chi connectivity index (χ1v) is 9.79. The molecule has 0 spiro atoms. The highest BCUT2D eigenvalue weighted by atomic mass is 32.2. The number of amides is 1. The number of aryl methyl sites for hydroxylation is 2. The third-order valence-electron chi connectivity index (χ3n) is 3.84. The number of hydrogen-bond acceptors (Lipinski definition) is 5. The van der Waals surface area contributed by atoms with Gasteiger partial charge in [-0.1, -0.05) is 18.2 Å². The molecular formula is C18H19N3O2S2. The Bertz CT molecular complexity index is 948. The van der Waals surface area contributed by atoms with Crippen LogP contribution in [-0.4, -0.2) is 27.8 Å². The van der Waals surface area contributed by atoms with Gasteiger partial charge >= 0.3 is 0 Å². The van der Waals surface area contributed by atoms with Crippen LogP contribution in [0.2, 0.25) is 0 Å². The average Bonchev–Trinajstić information content (AvgIpc) is 2.96. The number of carbonyl (C=O) groups excluding carboxylic acids is 1. The maximum Gasteiger partial charge on any atom is 0.262 e. The van der Waals surface area contributed by atoms with Crippen LogP contribution in [0.3, 0.4) is 0 Å². The molecule has 3 aromatic rings. The van der Waals surface area contributed by atoms with E-state index < -0.39 is 0 Å². The highest BCUT2D eigenvalue weighted by molar-refractivity contribution is 7.99. The third kappa shape index (κ3) is 3.93. The van der Waals surface area contributed by atoms with Crippen molar-refractivity contribution in [2.75, 3.05) is 12.3 Å². The molecule has 0 bridgehead atoms. The Hall–Kier alpha value is -2.12. The van der Waals surface area contributed by atoms with Crippen molar-refractivity contribution in [1.29, 1.82) is 0 Å². The molecule has 1 N–H and O–H groups in total. The molecule has 0 radical (unpaired) electrons. The molecule has 2 heterocycles. The summed E-state index contributed by atoms with van der Waals surface area (Å²) in [6.45, 7) is 2.42. The lowest BCUT2D eigenvalue weighted by molar-refractivity contribution is 0.0957. The van der Waals surface area contributed by atoms with Crippen LogP contribution in [-0.2, 0) is 7.05 Å². The van der Waals surface area contributed by atoms with Crippen molar-refractivity contribution < 1.29 is 4.79 Å². The first-order chi connectivity index (χ1) is 12.1. The standard InChI is InChI=1S/C18H19N3O2S2/c1-12-14-17(20-11-21(2)18(14)23)25-15(12)16(22)19-9-6-10-24-13-7-4-3-5-8-13/h3-5,7-8,11H,6,9-10H2,1-2H3,(H,19,22). The van der Waals surface area contributed by atoms with Gasteiger partial charge in [0.25, 0.3) is 11.5 Å². The van der Waals surface area contributed by atoms with Crippen molar-refractivity contribution >= 4 is 39.2 Å². The van der Waals surface area contributed by atoms with E-state index in [2.05, 4.69) is 22.4 Å². The van der Waals surface area contributed by atoms with Crippen molar-refractivity contribution in [2.24, 2.45) is 7.05 Å². The van der Waals surface area contributed by atoms with E-state index in [1.807, 2.05) is 25.1 Å². The normalized spacial score (nSPS) is 11.0. The minimum absolute atomic E-state index is 0.114. The maximum atomic E-state index is 12.4. The van der Waals surface area contributed by atoms with E-state index in [0.29, 0.717) is 27.2 Å². The minimum Gasteiger partial charge on any atom is -0.351 e. The molecule has 1 amide bonds. The second kappa shape index (κ2) is 7.84. The fourth-order valence-corrected chi connectivity index (χ4v) is 4.42. The number of thioether (sulfide) groups is 1. The highest BCUT2D eigenvalue weighted by Crippen LogP contribution is 2.26. The molecule has 0 atom stereocenters. The van der Waals surface area contributed by atoms with Gasteiger partial charge in [0.2, 0.25) is 0 Å². The van der Waals surface area contributed by atoms with Gasteiger partial charge in [-0.25, -0.2) is 4.98 Å². The quantitative estimate of drug-likeness (QED) is 0.532. The van der Waals surface area contributed by atoms with Crippen LogP contribution in [0.15, 0.2) is 46.3 Å². The molecule has 0 aliphatic rings. The maximum absolute atomic E-state index is 12.4. The Balaban J connectivity index is 1.58. The summed E-state index contributed by atoms with van der Waals surface area (Å²) in [6, 6.07) is 10.2. The fourth-order valence-electron chi connectivity index (χ4n) is 2.49. The Morgan fingerprint density at radius 2 is 2.08 bits per heavy atom. The smallest absolute Gasteiger partial charge is 0.262 e. The van der Waals surface area contributed by atoms with Gasteiger partial charge in [0.1, 0.15) is 4.83 Å². The number of thiophene rings is 1. The molecule has 1 aromatic carbocycles. The lowest BCUT2D eigenvalue weighted by atomic mass is 10.2. The number of hydrogen-bond donors (Lipinski definition) is 1. The summed E-state index contributed by atoms with van der Waals surface area (Å²) in [7, 11) is 1.66. The van der Waals surface area contributed by atoms with Crippen molar-refractivity contribution in [3.8, 4) is 0 Å². The molecule has 0 fully saturated rings. The van der Waals surface area contributed by atoms with Crippen LogP contribution in [0.1, 0.15) is 21.7 Å². The van der Waals surface area contributed by atoms with Gasteiger partial charge < -0.3 is 9.88 Å². The van der Waals surface area contributed by atoms with Gasteiger partial charge in [-0.05, 0) is 36.8 Å². The van der Waals surface area contributed by atoms with Crippen molar-refractivity contribution in [2.45, 2.75) is 18.2 Å². The van der Waals surface area contributed by atoms with E-state index in [9.17, 15) is 9.59 Å². The summed E-state index contributed by atoms with van der Waals surface area (Å²) in [5.41, 5.74) is 0.599. The van der Waals surface area contributed by atoms with Crippen LogP contribution in [0.25, 0.3) is 10.2 Å². The summed E-state index contributed by atoms with van der Waals surface area (Å²) in [4.78, 5) is 31.3. The van der Waals surface area contributed by atoms with E-state index >= 15 is 0 Å². The van der Waals surface area contributed by atoms with Crippen molar-refractivity contribution in [1.82, 2.24) is 14.9 Å². The van der Waals surface area contributed by atoms with Gasteiger partial charge in [0, 0.05) is 18.5 Å². The molecule has 5 nitrogen and oxygen atoms in total. The summed E-state index contributed by atoms with van der Waals surface area (Å²) >= 11 is 3.05. The van der Waals surface area contributed by atoms with Gasteiger partial charge in [-0.3, -0.25) is 9.59 Å². The molecule has 0 unspecified atom stereocenters. The number of nitrogens with one attached hydrogen (secondary N) is 1. The zero-order valence-electron chi connectivity index (χ0n) is 14.1. The second-order valence-corrected chi connectivity index (χ2v) is 7.84. The van der Waals surface area contributed by atoms with Crippen LogP contribution >= 0.6 is 23.1 Å². The predicted molar refractivity (Wildman–Crippen MR) is 104 cm³/mol. The van der Waals surface area contributed by atoms with E-state index in [1.165, 1.54) is 27.1 Å². The molecule has 0 saturated carbocycles. The summed E-state index contributed by atoms with van der Waals surface area (Å²) in [5, 5.41) is 3.48. The molecule has 130 valence electrons. The van der Waals surface area contributed by atoms with Gasteiger partial charge in [-0.15, -0.1) is 23.1 Å². The predicted octanol–water partition coefficient (Wildman–Crippen LogP) is 3.22. The van der Waals surface area contributed by atoms with Crippen LogP contribution in [0.5, 0.6) is 0 Å². The monoisotopic (exact) mass is 373 g/mol.